The number of pyridine rings is 1. The average molecular weight is 433 g/mol. The normalized spacial score (nSPS) is 20.8. The summed E-state index contributed by atoms with van der Waals surface area (Å²) in [4.78, 5) is 13.1. The number of fused-ring (bicyclic) bond motifs is 1. The molecule has 0 bridgehead atoms. The van der Waals surface area contributed by atoms with Gasteiger partial charge in [0.2, 0.25) is 0 Å². The lowest BCUT2D eigenvalue weighted by molar-refractivity contribution is 0.118. The fourth-order valence-corrected chi connectivity index (χ4v) is 4.55. The van der Waals surface area contributed by atoms with Crippen molar-refractivity contribution in [2.24, 2.45) is 5.73 Å². The van der Waals surface area contributed by atoms with Crippen molar-refractivity contribution in [1.29, 1.82) is 0 Å². The summed E-state index contributed by atoms with van der Waals surface area (Å²) in [6.45, 7) is 6.35. The van der Waals surface area contributed by atoms with Crippen LogP contribution in [0, 0.1) is 6.92 Å². The van der Waals surface area contributed by atoms with Gasteiger partial charge in [0.15, 0.2) is 0 Å². The Balaban J connectivity index is 1.52. The van der Waals surface area contributed by atoms with Gasteiger partial charge in [0, 0.05) is 17.1 Å². The summed E-state index contributed by atoms with van der Waals surface area (Å²) in [5.74, 6) is 1.65. The van der Waals surface area contributed by atoms with Crippen LogP contribution < -0.4 is 20.8 Å². The zero-order chi connectivity index (χ0) is 22.7. The van der Waals surface area contributed by atoms with Crippen molar-refractivity contribution >= 4 is 10.8 Å². The van der Waals surface area contributed by atoms with Crippen LogP contribution in [0.15, 0.2) is 66.1 Å². The second-order valence-corrected chi connectivity index (χ2v) is 8.97. The number of aryl methyl sites for hydroxylation is 1. The third-order valence-corrected chi connectivity index (χ3v) is 6.56. The molecule has 0 unspecified atom stereocenters. The molecule has 0 spiro atoms. The van der Waals surface area contributed by atoms with Crippen molar-refractivity contribution in [2.75, 3.05) is 7.11 Å². The van der Waals surface area contributed by atoms with Gasteiger partial charge in [-0.05, 0) is 85.9 Å². The van der Waals surface area contributed by atoms with E-state index in [9.17, 15) is 4.79 Å². The highest BCUT2D eigenvalue weighted by molar-refractivity contribution is 5.84. The zero-order valence-electron chi connectivity index (χ0n) is 19.0. The molecule has 1 fully saturated rings. The number of benzene rings is 2. The summed E-state index contributed by atoms with van der Waals surface area (Å²) in [5, 5.41) is 1.61. The first kappa shape index (κ1) is 22.2. The van der Waals surface area contributed by atoms with Crippen molar-refractivity contribution < 1.29 is 9.47 Å². The van der Waals surface area contributed by atoms with E-state index in [-0.39, 0.29) is 17.2 Å². The van der Waals surface area contributed by atoms with E-state index in [1.54, 1.807) is 11.7 Å². The van der Waals surface area contributed by atoms with Crippen molar-refractivity contribution in [3.05, 3.63) is 82.8 Å². The minimum absolute atomic E-state index is 0.00275. The number of nitrogens with zero attached hydrogens (tertiary/aromatic N) is 1. The minimum atomic E-state index is -0.144. The minimum Gasteiger partial charge on any atom is -0.497 e. The van der Waals surface area contributed by atoms with E-state index >= 15 is 0 Å². The number of aromatic nitrogens is 1. The van der Waals surface area contributed by atoms with Gasteiger partial charge >= 0.3 is 0 Å². The van der Waals surface area contributed by atoms with Gasteiger partial charge in [0.05, 0.1) is 19.8 Å². The van der Waals surface area contributed by atoms with Crippen molar-refractivity contribution in [2.45, 2.75) is 57.2 Å². The molecule has 1 aromatic heterocycles. The second-order valence-electron chi connectivity index (χ2n) is 8.97. The van der Waals surface area contributed by atoms with E-state index in [1.807, 2.05) is 61.7 Å². The maximum Gasteiger partial charge on any atom is 0.258 e. The van der Waals surface area contributed by atoms with Gasteiger partial charge in [-0.15, -0.1) is 6.58 Å². The summed E-state index contributed by atoms with van der Waals surface area (Å²) >= 11 is 0. The van der Waals surface area contributed by atoms with Crippen LogP contribution in [0.3, 0.4) is 0 Å². The molecule has 1 aliphatic carbocycles. The lowest BCUT2D eigenvalue weighted by atomic mass is 9.79. The Kier molecular flexibility index (Phi) is 6.38. The number of methoxy groups -OCH3 is 1. The Hall–Kier alpha value is -3.05. The molecular formula is C27H32N2O3. The van der Waals surface area contributed by atoms with Crippen LogP contribution in [0.2, 0.25) is 0 Å². The Morgan fingerprint density at radius 2 is 1.91 bits per heavy atom. The Bertz CT molecular complexity index is 1160. The first-order valence-electron chi connectivity index (χ1n) is 11.2. The van der Waals surface area contributed by atoms with E-state index in [0.717, 1.165) is 60.1 Å². The summed E-state index contributed by atoms with van der Waals surface area (Å²) in [6, 6.07) is 13.7. The maximum atomic E-state index is 13.1. The molecule has 1 saturated carbocycles. The van der Waals surface area contributed by atoms with E-state index in [4.69, 9.17) is 15.2 Å². The maximum absolute atomic E-state index is 13.1. The quantitative estimate of drug-likeness (QED) is 0.536. The molecule has 0 atom stereocenters. The molecule has 0 radical (unpaired) electrons. The number of hydrogen-bond acceptors (Lipinski definition) is 4. The van der Waals surface area contributed by atoms with Gasteiger partial charge in [-0.2, -0.15) is 0 Å². The number of ether oxygens (including phenoxy) is 2. The largest absolute Gasteiger partial charge is 0.497 e. The van der Waals surface area contributed by atoms with Crippen molar-refractivity contribution in [1.82, 2.24) is 4.57 Å². The van der Waals surface area contributed by atoms with Crippen LogP contribution in [0.25, 0.3) is 10.8 Å². The summed E-state index contributed by atoms with van der Waals surface area (Å²) in [5.41, 5.74) is 8.35. The summed E-state index contributed by atoms with van der Waals surface area (Å²) in [6.07, 6.45) is 8.51. The topological polar surface area (TPSA) is 66.5 Å². The number of hydrogen-bond donors (Lipinski definition) is 1. The highest BCUT2D eigenvalue weighted by atomic mass is 16.5. The van der Waals surface area contributed by atoms with Crippen LogP contribution in [0.1, 0.15) is 43.2 Å². The van der Waals surface area contributed by atoms with Gasteiger partial charge < -0.3 is 19.8 Å². The molecule has 2 N–H and O–H groups in total. The molecule has 32 heavy (non-hydrogen) atoms. The standard InChI is InChI=1S/C27H32N2O3/c1-4-12-27(28)13-9-23(10-14-27)32-25-17-21-11-15-29(26(30)24(21)16-19(25)2)18-20-5-7-22(31-3)8-6-20/h4-8,11,15-17,23H,1,9-10,12-14,18,28H2,2-3H3/t23-,27-. The fraction of sp³-hybridized carbons (Fsp3) is 0.370. The third kappa shape index (κ3) is 4.73. The highest BCUT2D eigenvalue weighted by Crippen LogP contribution is 2.33. The van der Waals surface area contributed by atoms with Gasteiger partial charge in [0.1, 0.15) is 11.5 Å². The second kappa shape index (κ2) is 9.21. The Morgan fingerprint density at radius 3 is 2.56 bits per heavy atom. The molecule has 0 saturated heterocycles. The van der Waals surface area contributed by atoms with E-state index in [1.165, 1.54) is 0 Å². The lowest BCUT2D eigenvalue weighted by Crippen LogP contribution is -2.44. The fourth-order valence-electron chi connectivity index (χ4n) is 4.55. The molecule has 4 rings (SSSR count). The third-order valence-electron chi connectivity index (χ3n) is 6.56. The zero-order valence-corrected chi connectivity index (χ0v) is 19.0. The lowest BCUT2D eigenvalue weighted by Gasteiger charge is -2.36. The van der Waals surface area contributed by atoms with E-state index < -0.39 is 0 Å². The molecule has 1 aliphatic rings. The van der Waals surface area contributed by atoms with Gasteiger partial charge in [0.25, 0.3) is 5.56 Å². The van der Waals surface area contributed by atoms with Crippen molar-refractivity contribution in [3.63, 3.8) is 0 Å². The number of rotatable bonds is 7. The van der Waals surface area contributed by atoms with E-state index in [0.29, 0.717) is 11.9 Å². The molecule has 5 heteroatoms. The summed E-state index contributed by atoms with van der Waals surface area (Å²) in [7, 11) is 1.64. The first-order valence-corrected chi connectivity index (χ1v) is 11.2. The smallest absolute Gasteiger partial charge is 0.258 e. The molecule has 168 valence electrons. The number of nitrogens with two attached hydrogens (primary N) is 1. The Morgan fingerprint density at radius 1 is 1.19 bits per heavy atom. The predicted octanol–water partition coefficient (Wildman–Crippen LogP) is 4.96. The van der Waals surface area contributed by atoms with Crippen LogP contribution in [-0.2, 0) is 6.54 Å². The molecule has 1 heterocycles. The van der Waals surface area contributed by atoms with Crippen LogP contribution in [0.5, 0.6) is 11.5 Å². The highest BCUT2D eigenvalue weighted by Gasteiger charge is 2.31. The first-order chi connectivity index (χ1) is 15.4. The van der Waals surface area contributed by atoms with Crippen LogP contribution in [-0.4, -0.2) is 23.3 Å². The van der Waals surface area contributed by atoms with Gasteiger partial charge in [-0.25, -0.2) is 0 Å². The predicted molar refractivity (Wildman–Crippen MR) is 130 cm³/mol. The van der Waals surface area contributed by atoms with Crippen LogP contribution >= 0.6 is 0 Å². The molecule has 3 aromatic rings. The molecule has 5 nitrogen and oxygen atoms in total. The van der Waals surface area contributed by atoms with Gasteiger partial charge in [-0.1, -0.05) is 18.2 Å². The molecular weight excluding hydrogens is 400 g/mol. The Labute approximate surface area is 189 Å². The van der Waals surface area contributed by atoms with E-state index in [2.05, 4.69) is 6.58 Å². The monoisotopic (exact) mass is 432 g/mol. The van der Waals surface area contributed by atoms with Gasteiger partial charge in [-0.3, -0.25) is 4.79 Å². The van der Waals surface area contributed by atoms with Crippen molar-refractivity contribution in [3.8, 4) is 11.5 Å². The molecule has 0 aliphatic heterocycles. The average Bonchev–Trinajstić information content (AvgIpc) is 2.79. The SMILES string of the molecule is C=CC[C@]1(N)CC[C@H](Oc2cc3ccn(Cc4ccc(OC)cc4)c(=O)c3cc2C)CC1. The summed E-state index contributed by atoms with van der Waals surface area (Å²) < 4.78 is 13.3. The molecule has 0 amide bonds. The van der Waals surface area contributed by atoms with Crippen LogP contribution in [0.4, 0.5) is 0 Å². The molecule has 2 aromatic carbocycles.